The van der Waals surface area contributed by atoms with E-state index < -0.39 is 0 Å². The maximum absolute atomic E-state index is 5.45. The van der Waals surface area contributed by atoms with Gasteiger partial charge in [-0.15, -0.1) is 0 Å². The standard InChI is InChI=1S/C18H30N2O2/c1-14(11-16-7-5-4-6-10-19-16)20-13-15-8-9-17(21-2)12-18(15)22-3/h8-9,12,14,16,19-20H,4-7,10-11,13H2,1-3H3. The van der Waals surface area contributed by atoms with Crippen LogP contribution in [0.1, 0.15) is 44.6 Å². The second-order valence-corrected chi connectivity index (χ2v) is 6.20. The Morgan fingerprint density at radius 3 is 2.86 bits per heavy atom. The summed E-state index contributed by atoms with van der Waals surface area (Å²) >= 11 is 0. The van der Waals surface area contributed by atoms with E-state index in [9.17, 15) is 0 Å². The Bertz CT molecular complexity index is 443. The van der Waals surface area contributed by atoms with Crippen molar-refractivity contribution in [1.82, 2.24) is 10.6 Å². The van der Waals surface area contributed by atoms with Gasteiger partial charge in [-0.3, -0.25) is 0 Å². The first kappa shape index (κ1) is 17.1. The molecule has 0 spiro atoms. The second kappa shape index (κ2) is 9.01. The minimum atomic E-state index is 0.488. The Balaban J connectivity index is 1.83. The van der Waals surface area contributed by atoms with Gasteiger partial charge in [0.15, 0.2) is 0 Å². The highest BCUT2D eigenvalue weighted by atomic mass is 16.5. The molecule has 1 aliphatic rings. The number of rotatable bonds is 7. The molecule has 0 aromatic heterocycles. The summed E-state index contributed by atoms with van der Waals surface area (Å²) in [5.74, 6) is 1.71. The molecule has 1 saturated heterocycles. The van der Waals surface area contributed by atoms with E-state index in [1.54, 1.807) is 14.2 Å². The Kier molecular flexibility index (Phi) is 7.00. The van der Waals surface area contributed by atoms with E-state index in [2.05, 4.69) is 23.6 Å². The summed E-state index contributed by atoms with van der Waals surface area (Å²) in [5, 5.41) is 7.29. The third-order valence-corrected chi connectivity index (χ3v) is 4.44. The van der Waals surface area contributed by atoms with Crippen molar-refractivity contribution in [3.05, 3.63) is 23.8 Å². The molecule has 124 valence electrons. The van der Waals surface area contributed by atoms with Crippen molar-refractivity contribution in [2.24, 2.45) is 0 Å². The van der Waals surface area contributed by atoms with Crippen molar-refractivity contribution in [3.63, 3.8) is 0 Å². The van der Waals surface area contributed by atoms with Crippen LogP contribution in [-0.4, -0.2) is 32.8 Å². The zero-order chi connectivity index (χ0) is 15.8. The molecule has 4 nitrogen and oxygen atoms in total. The van der Waals surface area contributed by atoms with Gasteiger partial charge in [0.2, 0.25) is 0 Å². The van der Waals surface area contributed by atoms with Gasteiger partial charge in [0.05, 0.1) is 14.2 Å². The third kappa shape index (κ3) is 5.18. The molecule has 1 aliphatic heterocycles. The molecule has 0 aliphatic carbocycles. The predicted molar refractivity (Wildman–Crippen MR) is 90.7 cm³/mol. The normalized spacial score (nSPS) is 20.2. The summed E-state index contributed by atoms with van der Waals surface area (Å²) in [6.45, 7) is 4.26. The number of hydrogen-bond donors (Lipinski definition) is 2. The summed E-state index contributed by atoms with van der Waals surface area (Å²) in [6, 6.07) is 7.14. The highest BCUT2D eigenvalue weighted by molar-refractivity contribution is 5.40. The fourth-order valence-corrected chi connectivity index (χ4v) is 3.09. The van der Waals surface area contributed by atoms with E-state index in [1.165, 1.54) is 44.2 Å². The quantitative estimate of drug-likeness (QED) is 0.812. The topological polar surface area (TPSA) is 42.5 Å². The smallest absolute Gasteiger partial charge is 0.127 e. The van der Waals surface area contributed by atoms with Crippen LogP contribution in [-0.2, 0) is 6.54 Å². The highest BCUT2D eigenvalue weighted by Gasteiger charge is 2.15. The molecule has 1 fully saturated rings. The Morgan fingerprint density at radius 1 is 1.23 bits per heavy atom. The van der Waals surface area contributed by atoms with E-state index in [1.807, 2.05) is 12.1 Å². The van der Waals surface area contributed by atoms with Crippen LogP contribution < -0.4 is 20.1 Å². The van der Waals surface area contributed by atoms with Gasteiger partial charge in [-0.25, -0.2) is 0 Å². The van der Waals surface area contributed by atoms with Crippen molar-refractivity contribution in [1.29, 1.82) is 0 Å². The number of methoxy groups -OCH3 is 2. The van der Waals surface area contributed by atoms with Crippen LogP contribution in [0.4, 0.5) is 0 Å². The molecule has 1 heterocycles. The monoisotopic (exact) mass is 306 g/mol. The lowest BCUT2D eigenvalue weighted by Gasteiger charge is -2.22. The zero-order valence-corrected chi connectivity index (χ0v) is 14.2. The van der Waals surface area contributed by atoms with Gasteiger partial charge in [0, 0.05) is 30.3 Å². The molecule has 2 atom stereocenters. The molecule has 0 amide bonds. The summed E-state index contributed by atoms with van der Waals surface area (Å²) in [4.78, 5) is 0. The maximum atomic E-state index is 5.45. The van der Waals surface area contributed by atoms with Crippen LogP contribution in [0.2, 0.25) is 0 Å². The molecule has 2 unspecified atom stereocenters. The lowest BCUT2D eigenvalue weighted by Crippen LogP contribution is -2.36. The van der Waals surface area contributed by atoms with Gasteiger partial charge >= 0.3 is 0 Å². The molecular formula is C18H30N2O2. The molecule has 22 heavy (non-hydrogen) atoms. The molecule has 0 saturated carbocycles. The Morgan fingerprint density at radius 2 is 2.09 bits per heavy atom. The van der Waals surface area contributed by atoms with Crippen LogP contribution in [0.3, 0.4) is 0 Å². The van der Waals surface area contributed by atoms with Gasteiger partial charge in [0.25, 0.3) is 0 Å². The minimum absolute atomic E-state index is 0.488. The van der Waals surface area contributed by atoms with Crippen molar-refractivity contribution < 1.29 is 9.47 Å². The van der Waals surface area contributed by atoms with Gasteiger partial charge in [-0.05, 0) is 38.8 Å². The molecule has 1 aromatic carbocycles. The Labute approximate surface area is 134 Å². The van der Waals surface area contributed by atoms with E-state index in [-0.39, 0.29) is 0 Å². The van der Waals surface area contributed by atoms with Crippen LogP contribution in [0.25, 0.3) is 0 Å². The second-order valence-electron chi connectivity index (χ2n) is 6.20. The SMILES string of the molecule is COc1ccc(CNC(C)CC2CCCCCN2)c(OC)c1. The van der Waals surface area contributed by atoms with Gasteiger partial charge in [-0.1, -0.05) is 18.9 Å². The van der Waals surface area contributed by atoms with Gasteiger partial charge in [0.1, 0.15) is 11.5 Å². The average molecular weight is 306 g/mol. The molecule has 0 radical (unpaired) electrons. The number of benzene rings is 1. The maximum Gasteiger partial charge on any atom is 0.127 e. The molecule has 2 N–H and O–H groups in total. The van der Waals surface area contributed by atoms with Crippen molar-refractivity contribution >= 4 is 0 Å². The molecule has 2 rings (SSSR count). The van der Waals surface area contributed by atoms with Crippen LogP contribution in [0, 0.1) is 0 Å². The van der Waals surface area contributed by atoms with Gasteiger partial charge < -0.3 is 20.1 Å². The summed E-state index contributed by atoms with van der Waals surface area (Å²) in [5.41, 5.74) is 1.17. The fraction of sp³-hybridized carbons (Fsp3) is 0.667. The minimum Gasteiger partial charge on any atom is -0.497 e. The lowest BCUT2D eigenvalue weighted by atomic mass is 10.0. The summed E-state index contributed by atoms with van der Waals surface area (Å²) in [7, 11) is 3.38. The van der Waals surface area contributed by atoms with E-state index >= 15 is 0 Å². The summed E-state index contributed by atoms with van der Waals surface area (Å²) < 4.78 is 10.7. The highest BCUT2D eigenvalue weighted by Crippen LogP contribution is 2.24. The summed E-state index contributed by atoms with van der Waals surface area (Å²) in [6.07, 6.45) is 6.53. The van der Waals surface area contributed by atoms with Crippen molar-refractivity contribution in [2.45, 2.75) is 57.7 Å². The average Bonchev–Trinajstić information content (AvgIpc) is 2.81. The molecular weight excluding hydrogens is 276 g/mol. The number of ether oxygens (including phenoxy) is 2. The van der Waals surface area contributed by atoms with Crippen LogP contribution in [0.5, 0.6) is 11.5 Å². The fourth-order valence-electron chi connectivity index (χ4n) is 3.09. The third-order valence-electron chi connectivity index (χ3n) is 4.44. The van der Waals surface area contributed by atoms with Crippen molar-refractivity contribution in [3.8, 4) is 11.5 Å². The van der Waals surface area contributed by atoms with Gasteiger partial charge in [-0.2, -0.15) is 0 Å². The first-order valence-electron chi connectivity index (χ1n) is 8.40. The lowest BCUT2D eigenvalue weighted by molar-refractivity contribution is 0.381. The largest absolute Gasteiger partial charge is 0.497 e. The van der Waals surface area contributed by atoms with E-state index in [4.69, 9.17) is 9.47 Å². The zero-order valence-electron chi connectivity index (χ0n) is 14.2. The van der Waals surface area contributed by atoms with Crippen LogP contribution >= 0.6 is 0 Å². The van der Waals surface area contributed by atoms with Crippen LogP contribution in [0.15, 0.2) is 18.2 Å². The molecule has 0 bridgehead atoms. The predicted octanol–water partition coefficient (Wildman–Crippen LogP) is 3.10. The molecule has 1 aromatic rings. The Hall–Kier alpha value is -1.26. The van der Waals surface area contributed by atoms with E-state index in [0.717, 1.165) is 18.0 Å². The first-order valence-corrected chi connectivity index (χ1v) is 8.40. The number of hydrogen-bond acceptors (Lipinski definition) is 4. The molecule has 4 heteroatoms. The first-order chi connectivity index (χ1) is 10.7. The number of nitrogens with one attached hydrogen (secondary N) is 2. The van der Waals surface area contributed by atoms with E-state index in [0.29, 0.717) is 12.1 Å². The van der Waals surface area contributed by atoms with Crippen molar-refractivity contribution in [2.75, 3.05) is 20.8 Å².